The minimum atomic E-state index is -0.792. The fraction of sp³-hybridized carbons (Fsp3) is 0.238. The van der Waals surface area contributed by atoms with E-state index in [1.54, 1.807) is 30.4 Å². The summed E-state index contributed by atoms with van der Waals surface area (Å²) < 4.78 is 32.1. The number of esters is 1. The molecular weight excluding hydrogens is 352 g/mol. The Labute approximate surface area is 155 Å². The highest BCUT2D eigenvalue weighted by molar-refractivity contribution is 5.94. The molecule has 0 saturated heterocycles. The van der Waals surface area contributed by atoms with Crippen molar-refractivity contribution in [1.29, 1.82) is 0 Å². The molecule has 0 fully saturated rings. The molecule has 0 aliphatic heterocycles. The number of halogens is 2. The highest BCUT2D eigenvalue weighted by Crippen LogP contribution is 2.35. The van der Waals surface area contributed by atoms with Gasteiger partial charge in [-0.3, -0.25) is 9.59 Å². The van der Waals surface area contributed by atoms with Crippen LogP contribution in [0.5, 0.6) is 0 Å². The van der Waals surface area contributed by atoms with E-state index in [4.69, 9.17) is 4.74 Å². The highest BCUT2D eigenvalue weighted by Gasteiger charge is 2.35. The Hall–Kier alpha value is -3.02. The number of hydrogen-bond acceptors (Lipinski definition) is 3. The fourth-order valence-electron chi connectivity index (χ4n) is 3.32. The molecule has 0 saturated carbocycles. The first kappa shape index (κ1) is 18.8. The van der Waals surface area contributed by atoms with Crippen LogP contribution in [-0.4, -0.2) is 25.0 Å². The summed E-state index contributed by atoms with van der Waals surface area (Å²) in [5.74, 6) is -2.86. The predicted molar refractivity (Wildman–Crippen MR) is 96.1 cm³/mol. The Morgan fingerprint density at radius 1 is 1.07 bits per heavy atom. The molecule has 0 heterocycles. The largest absolute Gasteiger partial charge is 0.469 e. The number of allylic oxidation sites excluding steroid dienone is 1. The standard InChI is InChI=1S/C21H19F2NO3/c1-27-21(26)19(17-4-2-3-5-18(17)23)14-8-11-16(12-14)24-20(25)13-6-9-15(22)10-7-13/h2-11,14,16,19H,12H2,1H3,(H,24,25)/t14-,16-,19+/m1/s1. The Morgan fingerprint density at radius 3 is 2.44 bits per heavy atom. The van der Waals surface area contributed by atoms with Gasteiger partial charge in [-0.2, -0.15) is 0 Å². The van der Waals surface area contributed by atoms with E-state index in [-0.39, 0.29) is 23.4 Å². The minimum Gasteiger partial charge on any atom is -0.469 e. The maximum Gasteiger partial charge on any atom is 0.313 e. The van der Waals surface area contributed by atoms with Gasteiger partial charge < -0.3 is 10.1 Å². The van der Waals surface area contributed by atoms with Crippen molar-refractivity contribution in [3.05, 3.63) is 83.4 Å². The number of methoxy groups -OCH3 is 1. The number of nitrogens with one attached hydrogen (secondary N) is 1. The number of amides is 1. The molecular formula is C21H19F2NO3. The first-order valence-corrected chi connectivity index (χ1v) is 8.56. The van der Waals surface area contributed by atoms with E-state index < -0.39 is 23.5 Å². The lowest BCUT2D eigenvalue weighted by Gasteiger charge is -2.22. The third kappa shape index (κ3) is 4.22. The van der Waals surface area contributed by atoms with Crippen molar-refractivity contribution >= 4 is 11.9 Å². The number of hydrogen-bond donors (Lipinski definition) is 1. The van der Waals surface area contributed by atoms with Crippen molar-refractivity contribution in [2.24, 2.45) is 5.92 Å². The molecule has 6 heteroatoms. The number of carbonyl (C=O) groups is 2. The summed E-state index contributed by atoms with van der Waals surface area (Å²) in [7, 11) is 1.27. The third-order valence-electron chi connectivity index (χ3n) is 4.66. The van der Waals surface area contributed by atoms with Crippen LogP contribution in [0.15, 0.2) is 60.7 Å². The van der Waals surface area contributed by atoms with Crippen LogP contribution in [0.25, 0.3) is 0 Å². The Balaban J connectivity index is 1.72. The number of benzene rings is 2. The van der Waals surface area contributed by atoms with Crippen molar-refractivity contribution in [2.45, 2.75) is 18.4 Å². The van der Waals surface area contributed by atoms with Crippen molar-refractivity contribution in [2.75, 3.05) is 7.11 Å². The van der Waals surface area contributed by atoms with Gasteiger partial charge in [0.05, 0.1) is 13.0 Å². The summed E-state index contributed by atoms with van der Waals surface area (Å²) in [6.45, 7) is 0. The van der Waals surface area contributed by atoms with E-state index in [9.17, 15) is 18.4 Å². The molecule has 0 unspecified atom stereocenters. The first-order chi connectivity index (χ1) is 13.0. The van der Waals surface area contributed by atoms with Crippen molar-refractivity contribution in [3.8, 4) is 0 Å². The van der Waals surface area contributed by atoms with E-state index in [1.807, 2.05) is 0 Å². The van der Waals surface area contributed by atoms with Crippen molar-refractivity contribution in [1.82, 2.24) is 5.32 Å². The Bertz CT molecular complexity index is 864. The molecule has 2 aromatic carbocycles. The van der Waals surface area contributed by atoms with Crippen LogP contribution in [0.1, 0.15) is 28.3 Å². The van der Waals surface area contributed by atoms with Gasteiger partial charge in [0, 0.05) is 17.2 Å². The van der Waals surface area contributed by atoms with E-state index in [0.29, 0.717) is 12.0 Å². The molecule has 0 radical (unpaired) electrons. The van der Waals surface area contributed by atoms with Gasteiger partial charge in [-0.25, -0.2) is 8.78 Å². The summed E-state index contributed by atoms with van der Waals surface area (Å²) in [5.41, 5.74) is 0.608. The van der Waals surface area contributed by atoms with E-state index >= 15 is 0 Å². The zero-order valence-electron chi connectivity index (χ0n) is 14.7. The molecule has 0 spiro atoms. The molecule has 140 valence electrons. The summed E-state index contributed by atoms with van der Waals surface area (Å²) in [6.07, 6.45) is 4.01. The molecule has 1 N–H and O–H groups in total. The zero-order chi connectivity index (χ0) is 19.4. The zero-order valence-corrected chi connectivity index (χ0v) is 14.7. The van der Waals surface area contributed by atoms with Crippen LogP contribution in [0.3, 0.4) is 0 Å². The summed E-state index contributed by atoms with van der Waals surface area (Å²) >= 11 is 0. The second kappa shape index (κ2) is 8.12. The topological polar surface area (TPSA) is 55.4 Å². The van der Waals surface area contributed by atoms with E-state index in [1.165, 1.54) is 37.4 Å². The molecule has 27 heavy (non-hydrogen) atoms. The van der Waals surface area contributed by atoms with E-state index in [0.717, 1.165) is 0 Å². The first-order valence-electron chi connectivity index (χ1n) is 8.56. The van der Waals surface area contributed by atoms with Crippen molar-refractivity contribution in [3.63, 3.8) is 0 Å². The van der Waals surface area contributed by atoms with Gasteiger partial charge in [0.15, 0.2) is 0 Å². The lowest BCUT2D eigenvalue weighted by Crippen LogP contribution is -2.33. The van der Waals surface area contributed by atoms with Gasteiger partial charge in [0.2, 0.25) is 0 Å². The molecule has 3 rings (SSSR count). The second-order valence-electron chi connectivity index (χ2n) is 6.39. The fourth-order valence-corrected chi connectivity index (χ4v) is 3.32. The summed E-state index contributed by atoms with van der Waals surface area (Å²) in [4.78, 5) is 24.6. The number of carbonyl (C=O) groups excluding carboxylic acids is 2. The third-order valence-corrected chi connectivity index (χ3v) is 4.66. The molecule has 3 atom stereocenters. The summed E-state index contributed by atoms with van der Waals surface area (Å²) in [5, 5.41) is 2.83. The quantitative estimate of drug-likeness (QED) is 0.645. The Morgan fingerprint density at radius 2 is 1.78 bits per heavy atom. The highest BCUT2D eigenvalue weighted by atomic mass is 19.1. The van der Waals surface area contributed by atoms with Crippen LogP contribution < -0.4 is 5.32 Å². The van der Waals surface area contributed by atoms with Gasteiger partial charge in [0.25, 0.3) is 5.91 Å². The van der Waals surface area contributed by atoms with Crippen LogP contribution >= 0.6 is 0 Å². The second-order valence-corrected chi connectivity index (χ2v) is 6.39. The van der Waals surface area contributed by atoms with Crippen LogP contribution in [0.4, 0.5) is 8.78 Å². The molecule has 0 aromatic heterocycles. The van der Waals surface area contributed by atoms with Gasteiger partial charge in [0.1, 0.15) is 11.6 Å². The van der Waals surface area contributed by atoms with Crippen LogP contribution in [0, 0.1) is 17.6 Å². The molecule has 0 bridgehead atoms. The minimum absolute atomic E-state index is 0.268. The smallest absolute Gasteiger partial charge is 0.313 e. The Kier molecular flexibility index (Phi) is 5.64. The molecule has 4 nitrogen and oxygen atoms in total. The molecule has 1 aliphatic carbocycles. The normalized spacial score (nSPS) is 19.5. The maximum atomic E-state index is 14.2. The molecule has 1 aliphatic rings. The number of ether oxygens (including phenoxy) is 1. The van der Waals surface area contributed by atoms with Gasteiger partial charge >= 0.3 is 5.97 Å². The van der Waals surface area contributed by atoms with Gasteiger partial charge in [-0.05, 0) is 42.7 Å². The molecule has 2 aromatic rings. The average Bonchev–Trinajstić information content (AvgIpc) is 3.11. The SMILES string of the molecule is COC(=O)[C@H](c1ccccc1F)[C@@H]1C=C[C@@H](NC(=O)c2ccc(F)cc2)C1. The van der Waals surface area contributed by atoms with Gasteiger partial charge in [-0.15, -0.1) is 0 Å². The maximum absolute atomic E-state index is 14.2. The van der Waals surface area contributed by atoms with Crippen LogP contribution in [0.2, 0.25) is 0 Å². The van der Waals surface area contributed by atoms with Crippen molar-refractivity contribution < 1.29 is 23.1 Å². The predicted octanol–water partition coefficient (Wildman–Crippen LogP) is 3.60. The lowest BCUT2D eigenvalue weighted by atomic mass is 9.85. The van der Waals surface area contributed by atoms with Gasteiger partial charge in [-0.1, -0.05) is 30.4 Å². The molecule has 1 amide bonds. The monoisotopic (exact) mass is 371 g/mol. The van der Waals surface area contributed by atoms with Crippen LogP contribution in [-0.2, 0) is 9.53 Å². The lowest BCUT2D eigenvalue weighted by molar-refractivity contribution is -0.143. The average molecular weight is 371 g/mol. The summed E-state index contributed by atoms with van der Waals surface area (Å²) in [6, 6.07) is 11.0. The van der Waals surface area contributed by atoms with E-state index in [2.05, 4.69) is 5.32 Å². The number of rotatable bonds is 5.